The fraction of sp³-hybridized carbons (Fsp3) is 0.320. The third kappa shape index (κ3) is 5.03. The van der Waals surface area contributed by atoms with Crippen LogP contribution in [0.5, 0.6) is 11.5 Å². The van der Waals surface area contributed by atoms with E-state index in [1.54, 1.807) is 35.2 Å². The average molecular weight is 467 g/mol. The van der Waals surface area contributed by atoms with Crippen molar-refractivity contribution >= 4 is 17.7 Å². The SMILES string of the molecule is C=CCNC(=O)[C@@H](NC(=O)c1ccc2c(c1)OCO2)C1CCN(C(=O)c2ccccc2F)CC1. The predicted molar refractivity (Wildman–Crippen MR) is 122 cm³/mol. The summed E-state index contributed by atoms with van der Waals surface area (Å²) in [6.45, 7) is 4.67. The van der Waals surface area contributed by atoms with E-state index in [2.05, 4.69) is 17.2 Å². The molecule has 0 unspecified atom stereocenters. The number of halogens is 1. The summed E-state index contributed by atoms with van der Waals surface area (Å²) in [6, 6.07) is 9.90. The predicted octanol–water partition coefficient (Wildman–Crippen LogP) is 2.51. The maximum Gasteiger partial charge on any atom is 0.256 e. The zero-order chi connectivity index (χ0) is 24.1. The molecule has 0 bridgehead atoms. The maximum absolute atomic E-state index is 14.0. The number of nitrogens with zero attached hydrogens (tertiary/aromatic N) is 1. The highest BCUT2D eigenvalue weighted by Crippen LogP contribution is 2.32. The van der Waals surface area contributed by atoms with Crippen molar-refractivity contribution in [3.63, 3.8) is 0 Å². The van der Waals surface area contributed by atoms with Gasteiger partial charge in [0, 0.05) is 25.2 Å². The van der Waals surface area contributed by atoms with Gasteiger partial charge in [0.1, 0.15) is 11.9 Å². The van der Waals surface area contributed by atoms with Crippen molar-refractivity contribution in [1.82, 2.24) is 15.5 Å². The summed E-state index contributed by atoms with van der Waals surface area (Å²) < 4.78 is 24.6. The van der Waals surface area contributed by atoms with Crippen molar-refractivity contribution in [2.75, 3.05) is 26.4 Å². The van der Waals surface area contributed by atoms with Gasteiger partial charge in [0.25, 0.3) is 11.8 Å². The quantitative estimate of drug-likeness (QED) is 0.610. The van der Waals surface area contributed by atoms with Crippen LogP contribution in [0.1, 0.15) is 33.6 Å². The number of hydrogen-bond donors (Lipinski definition) is 2. The lowest BCUT2D eigenvalue weighted by Crippen LogP contribution is -2.53. The summed E-state index contributed by atoms with van der Waals surface area (Å²) >= 11 is 0. The van der Waals surface area contributed by atoms with Gasteiger partial charge < -0.3 is 25.0 Å². The van der Waals surface area contributed by atoms with Crippen LogP contribution in [0.3, 0.4) is 0 Å². The summed E-state index contributed by atoms with van der Waals surface area (Å²) in [5.41, 5.74) is 0.371. The van der Waals surface area contributed by atoms with E-state index in [0.717, 1.165) is 0 Å². The summed E-state index contributed by atoms with van der Waals surface area (Å²) in [4.78, 5) is 40.2. The highest BCUT2D eigenvalue weighted by molar-refractivity contribution is 5.98. The van der Waals surface area contributed by atoms with E-state index < -0.39 is 17.8 Å². The van der Waals surface area contributed by atoms with Gasteiger partial charge in [-0.2, -0.15) is 0 Å². The van der Waals surface area contributed by atoms with E-state index in [9.17, 15) is 18.8 Å². The molecule has 3 amide bonds. The molecule has 4 rings (SSSR count). The van der Waals surface area contributed by atoms with Gasteiger partial charge in [-0.25, -0.2) is 4.39 Å². The number of benzene rings is 2. The molecule has 2 aliphatic heterocycles. The van der Waals surface area contributed by atoms with Crippen LogP contribution in [0.25, 0.3) is 0 Å². The van der Waals surface area contributed by atoms with E-state index in [0.29, 0.717) is 43.0 Å². The molecule has 2 aliphatic rings. The molecule has 0 aromatic heterocycles. The molecule has 2 heterocycles. The molecule has 9 heteroatoms. The lowest BCUT2D eigenvalue weighted by atomic mass is 9.88. The van der Waals surface area contributed by atoms with Crippen molar-refractivity contribution in [2.24, 2.45) is 5.92 Å². The van der Waals surface area contributed by atoms with Crippen molar-refractivity contribution in [2.45, 2.75) is 18.9 Å². The van der Waals surface area contributed by atoms with Crippen LogP contribution < -0.4 is 20.1 Å². The average Bonchev–Trinajstić information content (AvgIpc) is 3.34. The van der Waals surface area contributed by atoms with E-state index in [4.69, 9.17) is 9.47 Å². The van der Waals surface area contributed by atoms with E-state index in [1.165, 1.54) is 18.2 Å². The van der Waals surface area contributed by atoms with Gasteiger partial charge in [-0.3, -0.25) is 14.4 Å². The number of carbonyl (C=O) groups is 3. The number of amides is 3. The Labute approximate surface area is 196 Å². The third-order valence-electron chi connectivity index (χ3n) is 6.03. The molecule has 1 saturated heterocycles. The molecule has 1 atom stereocenters. The van der Waals surface area contributed by atoms with E-state index in [-0.39, 0.29) is 36.6 Å². The Balaban J connectivity index is 1.44. The molecule has 34 heavy (non-hydrogen) atoms. The summed E-state index contributed by atoms with van der Waals surface area (Å²) in [5.74, 6) is -0.855. The van der Waals surface area contributed by atoms with Crippen LogP contribution in [0.4, 0.5) is 4.39 Å². The van der Waals surface area contributed by atoms with Crippen molar-refractivity contribution in [3.8, 4) is 11.5 Å². The maximum atomic E-state index is 14.0. The number of carbonyl (C=O) groups excluding carboxylic acids is 3. The minimum Gasteiger partial charge on any atom is -0.454 e. The fourth-order valence-electron chi connectivity index (χ4n) is 4.18. The van der Waals surface area contributed by atoms with Crippen molar-refractivity contribution in [3.05, 3.63) is 72.1 Å². The molecule has 0 radical (unpaired) electrons. The van der Waals surface area contributed by atoms with Gasteiger partial charge in [0.15, 0.2) is 11.5 Å². The molecular weight excluding hydrogens is 441 g/mol. The second kappa shape index (κ2) is 10.4. The van der Waals surface area contributed by atoms with Gasteiger partial charge >= 0.3 is 0 Å². The van der Waals surface area contributed by atoms with Crippen LogP contribution in [-0.2, 0) is 4.79 Å². The number of hydrogen-bond acceptors (Lipinski definition) is 5. The molecule has 0 aliphatic carbocycles. The Morgan fingerprint density at radius 2 is 1.85 bits per heavy atom. The lowest BCUT2D eigenvalue weighted by molar-refractivity contribution is -0.124. The van der Waals surface area contributed by atoms with Gasteiger partial charge in [0.05, 0.1) is 5.56 Å². The minimum absolute atomic E-state index is 0.0253. The normalized spacial score (nSPS) is 16.0. The summed E-state index contributed by atoms with van der Waals surface area (Å²) in [7, 11) is 0. The molecule has 2 aromatic rings. The first-order chi connectivity index (χ1) is 16.5. The number of rotatable bonds is 7. The smallest absolute Gasteiger partial charge is 0.256 e. The molecule has 0 saturated carbocycles. The van der Waals surface area contributed by atoms with Crippen molar-refractivity contribution < 1.29 is 28.2 Å². The number of ether oxygens (including phenoxy) is 2. The molecule has 8 nitrogen and oxygen atoms in total. The highest BCUT2D eigenvalue weighted by Gasteiger charge is 2.34. The van der Waals surface area contributed by atoms with Crippen LogP contribution in [0.15, 0.2) is 55.1 Å². The number of nitrogens with one attached hydrogen (secondary N) is 2. The standard InChI is InChI=1S/C25H26FN3O5/c1-2-11-27-24(31)22(28-23(30)17-7-8-20-21(14-17)34-15-33-20)16-9-12-29(13-10-16)25(32)18-5-3-4-6-19(18)26/h2-8,14,16,22H,1,9-13,15H2,(H,27,31)(H,28,30)/t22-/m0/s1. The zero-order valence-electron chi connectivity index (χ0n) is 18.6. The molecular formula is C25H26FN3O5. The molecule has 2 N–H and O–H groups in total. The molecule has 0 spiro atoms. The van der Waals surface area contributed by atoms with E-state index >= 15 is 0 Å². The fourth-order valence-corrected chi connectivity index (χ4v) is 4.18. The van der Waals surface area contributed by atoms with Gasteiger partial charge in [0.2, 0.25) is 12.7 Å². The topological polar surface area (TPSA) is 97.0 Å². The van der Waals surface area contributed by atoms with Crippen LogP contribution >= 0.6 is 0 Å². The first kappa shape index (κ1) is 23.3. The number of fused-ring (bicyclic) bond motifs is 1. The Morgan fingerprint density at radius 3 is 2.59 bits per heavy atom. The van der Waals surface area contributed by atoms with Crippen LogP contribution in [-0.4, -0.2) is 55.1 Å². The molecule has 2 aromatic carbocycles. The van der Waals surface area contributed by atoms with Gasteiger partial charge in [-0.1, -0.05) is 18.2 Å². The second-order valence-electron chi connectivity index (χ2n) is 8.16. The Bertz CT molecular complexity index is 1100. The second-order valence-corrected chi connectivity index (χ2v) is 8.16. The summed E-state index contributed by atoms with van der Waals surface area (Å²) in [6.07, 6.45) is 2.52. The lowest BCUT2D eigenvalue weighted by Gasteiger charge is -2.36. The van der Waals surface area contributed by atoms with Crippen LogP contribution in [0, 0.1) is 11.7 Å². The monoisotopic (exact) mass is 467 g/mol. The van der Waals surface area contributed by atoms with E-state index in [1.807, 2.05) is 0 Å². The Kier molecular flexibility index (Phi) is 7.10. The first-order valence-corrected chi connectivity index (χ1v) is 11.1. The Morgan fingerprint density at radius 1 is 1.12 bits per heavy atom. The first-order valence-electron chi connectivity index (χ1n) is 11.1. The number of likely N-dealkylation sites (tertiary alicyclic amines) is 1. The number of piperidine rings is 1. The summed E-state index contributed by atoms with van der Waals surface area (Å²) in [5, 5.41) is 5.59. The van der Waals surface area contributed by atoms with Gasteiger partial charge in [-0.05, 0) is 49.1 Å². The zero-order valence-corrected chi connectivity index (χ0v) is 18.6. The Hall–Kier alpha value is -3.88. The van der Waals surface area contributed by atoms with Crippen molar-refractivity contribution in [1.29, 1.82) is 0 Å². The largest absolute Gasteiger partial charge is 0.454 e. The van der Waals surface area contributed by atoms with Gasteiger partial charge in [-0.15, -0.1) is 6.58 Å². The highest BCUT2D eigenvalue weighted by atomic mass is 19.1. The minimum atomic E-state index is -0.802. The third-order valence-corrected chi connectivity index (χ3v) is 6.03. The molecule has 1 fully saturated rings. The van der Waals surface area contributed by atoms with Crippen LogP contribution in [0.2, 0.25) is 0 Å². The molecule has 178 valence electrons.